The van der Waals surface area contributed by atoms with Gasteiger partial charge in [0.25, 0.3) is 0 Å². The third kappa shape index (κ3) is 3.93. The van der Waals surface area contributed by atoms with Crippen molar-refractivity contribution in [3.63, 3.8) is 0 Å². The summed E-state index contributed by atoms with van der Waals surface area (Å²) in [4.78, 5) is 12.0. The van der Waals surface area contributed by atoms with E-state index in [0.29, 0.717) is 26.6 Å². The first-order valence-electron chi connectivity index (χ1n) is 5.95. The van der Waals surface area contributed by atoms with Gasteiger partial charge in [-0.15, -0.1) is 5.10 Å². The summed E-state index contributed by atoms with van der Waals surface area (Å²) in [6, 6.07) is 3.29. The molecule has 0 saturated heterocycles. The molecule has 3 N–H and O–H groups in total. The molecule has 112 valence electrons. The zero-order valence-electron chi connectivity index (χ0n) is 11.1. The van der Waals surface area contributed by atoms with E-state index in [0.717, 1.165) is 0 Å². The average Bonchev–Trinajstić information content (AvgIpc) is 2.85. The van der Waals surface area contributed by atoms with Gasteiger partial charge >= 0.3 is 0 Å². The zero-order chi connectivity index (χ0) is 15.4. The Labute approximate surface area is 134 Å². The minimum atomic E-state index is -0.282. The molecule has 1 aromatic heterocycles. The van der Waals surface area contributed by atoms with Gasteiger partial charge < -0.3 is 15.8 Å². The summed E-state index contributed by atoms with van der Waals surface area (Å²) < 4.78 is 7.29. The van der Waals surface area contributed by atoms with E-state index in [1.165, 1.54) is 11.8 Å². The molecule has 0 aliphatic heterocycles. The van der Waals surface area contributed by atoms with Crippen molar-refractivity contribution in [2.75, 3.05) is 12.4 Å². The Morgan fingerprint density at radius 2 is 2.33 bits per heavy atom. The van der Waals surface area contributed by atoms with Crippen molar-refractivity contribution in [3.8, 4) is 5.75 Å². The van der Waals surface area contributed by atoms with E-state index in [1.807, 2.05) is 0 Å². The quantitative estimate of drug-likeness (QED) is 0.832. The van der Waals surface area contributed by atoms with Crippen LogP contribution in [0.15, 0.2) is 22.8 Å². The van der Waals surface area contributed by atoms with Gasteiger partial charge in [0.1, 0.15) is 6.54 Å². The molecule has 0 aliphatic carbocycles. The number of ether oxygens (including phenoxy) is 1. The van der Waals surface area contributed by atoms with Crippen LogP contribution in [0.25, 0.3) is 0 Å². The number of carbonyl (C=O) groups excluding carboxylic acids is 1. The van der Waals surface area contributed by atoms with Crippen LogP contribution in [-0.2, 0) is 17.9 Å². The molecule has 0 spiro atoms. The molecule has 21 heavy (non-hydrogen) atoms. The van der Waals surface area contributed by atoms with E-state index in [-0.39, 0.29) is 19.0 Å². The first kappa shape index (κ1) is 15.7. The molecule has 9 heteroatoms. The van der Waals surface area contributed by atoms with E-state index in [9.17, 15) is 4.79 Å². The van der Waals surface area contributed by atoms with E-state index in [4.69, 9.17) is 22.1 Å². The molecule has 0 unspecified atom stereocenters. The Morgan fingerprint density at radius 1 is 1.57 bits per heavy atom. The Balaban J connectivity index is 2.12. The monoisotopic (exact) mass is 373 g/mol. The van der Waals surface area contributed by atoms with Gasteiger partial charge in [-0.2, -0.15) is 0 Å². The van der Waals surface area contributed by atoms with Crippen LogP contribution in [-0.4, -0.2) is 28.0 Å². The number of nitrogens with one attached hydrogen (secondary N) is 1. The number of anilines is 1. The standard InChI is InChI=1S/C12H13BrClN5O2/c1-21-12-9(13)2-7(14)3-10(12)16-11(20)6-19-5-8(4-15)17-18-19/h2-3,5H,4,6,15H2,1H3,(H,16,20). The van der Waals surface area contributed by atoms with Crippen LogP contribution in [0.4, 0.5) is 5.69 Å². The number of hydrogen-bond donors (Lipinski definition) is 2. The second-order valence-electron chi connectivity index (χ2n) is 4.13. The highest BCUT2D eigenvalue weighted by molar-refractivity contribution is 9.10. The lowest BCUT2D eigenvalue weighted by Gasteiger charge is -2.12. The number of carbonyl (C=O) groups is 1. The second-order valence-corrected chi connectivity index (χ2v) is 5.42. The van der Waals surface area contributed by atoms with Crippen LogP contribution >= 0.6 is 27.5 Å². The van der Waals surface area contributed by atoms with E-state index in [1.54, 1.807) is 18.3 Å². The van der Waals surface area contributed by atoms with Crippen LogP contribution in [0.1, 0.15) is 5.69 Å². The first-order chi connectivity index (χ1) is 10.0. The SMILES string of the molecule is COc1c(Br)cc(Cl)cc1NC(=O)Cn1cc(CN)nn1. The van der Waals surface area contributed by atoms with Gasteiger partial charge in [-0.1, -0.05) is 16.8 Å². The summed E-state index contributed by atoms with van der Waals surface area (Å²) in [5, 5.41) is 10.8. The molecule has 0 radical (unpaired) electrons. The summed E-state index contributed by atoms with van der Waals surface area (Å²) in [6.45, 7) is 0.289. The molecular formula is C12H13BrClN5O2. The molecule has 0 bridgehead atoms. The van der Waals surface area contributed by atoms with Crippen LogP contribution in [0.2, 0.25) is 5.02 Å². The lowest BCUT2D eigenvalue weighted by atomic mass is 10.3. The number of rotatable bonds is 5. The number of nitrogens with two attached hydrogens (primary N) is 1. The fourth-order valence-electron chi connectivity index (χ4n) is 1.71. The number of benzene rings is 1. The molecule has 0 fully saturated rings. The van der Waals surface area contributed by atoms with Crippen molar-refractivity contribution < 1.29 is 9.53 Å². The Hall–Kier alpha value is -1.64. The topological polar surface area (TPSA) is 95.1 Å². The molecule has 0 atom stereocenters. The highest BCUT2D eigenvalue weighted by Crippen LogP contribution is 2.36. The third-order valence-corrected chi connectivity index (χ3v) is 3.39. The lowest BCUT2D eigenvalue weighted by molar-refractivity contribution is -0.116. The maximum absolute atomic E-state index is 12.0. The normalized spacial score (nSPS) is 10.5. The van der Waals surface area contributed by atoms with Gasteiger partial charge in [0.15, 0.2) is 5.75 Å². The molecular weight excluding hydrogens is 362 g/mol. The van der Waals surface area contributed by atoms with E-state index < -0.39 is 0 Å². The van der Waals surface area contributed by atoms with E-state index in [2.05, 4.69) is 31.6 Å². The molecule has 1 amide bonds. The first-order valence-corrected chi connectivity index (χ1v) is 7.12. The molecule has 0 saturated carbocycles. The largest absolute Gasteiger partial charge is 0.493 e. The number of aromatic nitrogens is 3. The summed E-state index contributed by atoms with van der Waals surface area (Å²) in [6.07, 6.45) is 1.62. The predicted molar refractivity (Wildman–Crippen MR) is 82.2 cm³/mol. The van der Waals surface area contributed by atoms with Gasteiger partial charge in [-0.3, -0.25) is 4.79 Å². The lowest BCUT2D eigenvalue weighted by Crippen LogP contribution is -2.19. The fourth-order valence-corrected chi connectivity index (χ4v) is 2.68. The van der Waals surface area contributed by atoms with Crippen LogP contribution in [0.5, 0.6) is 5.75 Å². The van der Waals surface area contributed by atoms with Crippen LogP contribution < -0.4 is 15.8 Å². The van der Waals surface area contributed by atoms with Gasteiger partial charge in [0, 0.05) is 11.6 Å². The van der Waals surface area contributed by atoms with Crippen molar-refractivity contribution >= 4 is 39.1 Å². The minimum absolute atomic E-state index is 0.0142. The molecule has 2 rings (SSSR count). The van der Waals surface area contributed by atoms with Crippen molar-refractivity contribution in [2.24, 2.45) is 5.73 Å². The van der Waals surface area contributed by atoms with Crippen molar-refractivity contribution in [1.82, 2.24) is 15.0 Å². The highest BCUT2D eigenvalue weighted by Gasteiger charge is 2.13. The number of nitrogens with zero attached hydrogens (tertiary/aromatic N) is 3. The molecule has 0 aliphatic rings. The molecule has 1 heterocycles. The average molecular weight is 375 g/mol. The minimum Gasteiger partial charge on any atom is -0.493 e. The second kappa shape index (κ2) is 6.88. The summed E-state index contributed by atoms with van der Waals surface area (Å²) in [7, 11) is 1.51. The van der Waals surface area contributed by atoms with Crippen LogP contribution in [0, 0.1) is 0 Å². The third-order valence-electron chi connectivity index (χ3n) is 2.59. The fraction of sp³-hybridized carbons (Fsp3) is 0.250. The smallest absolute Gasteiger partial charge is 0.246 e. The Kier molecular flexibility index (Phi) is 5.16. The van der Waals surface area contributed by atoms with Crippen LogP contribution in [0.3, 0.4) is 0 Å². The number of halogens is 2. The van der Waals surface area contributed by atoms with Crippen molar-refractivity contribution in [2.45, 2.75) is 13.1 Å². The Morgan fingerprint density at radius 3 is 2.95 bits per heavy atom. The molecule has 2 aromatic rings. The summed E-state index contributed by atoms with van der Waals surface area (Å²) in [5.74, 6) is 0.213. The summed E-state index contributed by atoms with van der Waals surface area (Å²) >= 11 is 9.29. The zero-order valence-corrected chi connectivity index (χ0v) is 13.5. The molecule has 7 nitrogen and oxygen atoms in total. The maximum Gasteiger partial charge on any atom is 0.246 e. The van der Waals surface area contributed by atoms with Crippen molar-refractivity contribution in [3.05, 3.63) is 33.5 Å². The van der Waals surface area contributed by atoms with Gasteiger partial charge in [0.05, 0.1) is 29.2 Å². The van der Waals surface area contributed by atoms with Crippen molar-refractivity contribution in [1.29, 1.82) is 0 Å². The predicted octanol–water partition coefficient (Wildman–Crippen LogP) is 1.80. The van der Waals surface area contributed by atoms with Gasteiger partial charge in [-0.25, -0.2) is 4.68 Å². The van der Waals surface area contributed by atoms with Gasteiger partial charge in [-0.05, 0) is 28.1 Å². The van der Waals surface area contributed by atoms with E-state index >= 15 is 0 Å². The highest BCUT2D eigenvalue weighted by atomic mass is 79.9. The molecule has 1 aromatic carbocycles. The number of hydrogen-bond acceptors (Lipinski definition) is 5. The summed E-state index contributed by atoms with van der Waals surface area (Å²) in [5.41, 5.74) is 6.53. The number of methoxy groups -OCH3 is 1. The Bertz CT molecular complexity index is 661. The van der Waals surface area contributed by atoms with Gasteiger partial charge in [0.2, 0.25) is 5.91 Å². The number of amides is 1. The maximum atomic E-state index is 12.0.